The second-order valence-corrected chi connectivity index (χ2v) is 6.48. The molecule has 8 heteroatoms. The first-order chi connectivity index (χ1) is 11.9. The van der Waals surface area contributed by atoms with Crippen LogP contribution in [0, 0.1) is 3.57 Å². The van der Waals surface area contributed by atoms with Crippen LogP contribution in [0.25, 0.3) is 0 Å². The molecular weight excluding hydrogens is 453 g/mol. The van der Waals surface area contributed by atoms with E-state index in [9.17, 15) is 9.59 Å². The van der Waals surface area contributed by atoms with Gasteiger partial charge in [-0.15, -0.1) is 0 Å². The summed E-state index contributed by atoms with van der Waals surface area (Å²) in [4.78, 5) is 23.7. The lowest BCUT2D eigenvalue weighted by Gasteiger charge is -2.11. The summed E-state index contributed by atoms with van der Waals surface area (Å²) in [5.41, 5.74) is 1.68. The molecule has 0 aromatic heterocycles. The fraction of sp³-hybridized carbons (Fsp3) is 0.118. The normalized spacial score (nSPS) is 9.88. The molecule has 0 bridgehead atoms. The molecule has 0 aliphatic rings. The van der Waals surface area contributed by atoms with E-state index in [0.29, 0.717) is 22.6 Å². The SMILES string of the molecule is CNC(=O)c1ccc(NC(=S)NC(=O)c2ccc(OC)c(I)c2)cc1. The van der Waals surface area contributed by atoms with E-state index in [-0.39, 0.29) is 16.9 Å². The monoisotopic (exact) mass is 469 g/mol. The number of methoxy groups -OCH3 is 1. The van der Waals surface area contributed by atoms with Crippen LogP contribution < -0.4 is 20.7 Å². The van der Waals surface area contributed by atoms with Crippen molar-refractivity contribution >= 4 is 57.4 Å². The first kappa shape index (κ1) is 19.1. The number of carbonyl (C=O) groups excluding carboxylic acids is 2. The molecule has 6 nitrogen and oxygen atoms in total. The van der Waals surface area contributed by atoms with E-state index in [1.165, 1.54) is 0 Å². The van der Waals surface area contributed by atoms with Crippen LogP contribution in [0.3, 0.4) is 0 Å². The Kier molecular flexibility index (Phi) is 6.71. The highest BCUT2D eigenvalue weighted by atomic mass is 127. The Labute approximate surface area is 164 Å². The van der Waals surface area contributed by atoms with E-state index in [0.717, 1.165) is 3.57 Å². The summed E-state index contributed by atoms with van der Waals surface area (Å²) in [6.07, 6.45) is 0. The first-order valence-electron chi connectivity index (χ1n) is 7.22. The number of anilines is 1. The predicted molar refractivity (Wildman–Crippen MR) is 109 cm³/mol. The molecule has 0 atom stereocenters. The summed E-state index contributed by atoms with van der Waals surface area (Å²) in [6, 6.07) is 11.9. The van der Waals surface area contributed by atoms with E-state index in [2.05, 4.69) is 38.5 Å². The molecule has 0 unspecified atom stereocenters. The quantitative estimate of drug-likeness (QED) is 0.474. The molecular formula is C17H16IN3O3S. The van der Waals surface area contributed by atoms with Crippen LogP contribution in [0.1, 0.15) is 20.7 Å². The minimum Gasteiger partial charge on any atom is -0.496 e. The minimum absolute atomic E-state index is 0.170. The molecule has 3 N–H and O–H groups in total. The largest absolute Gasteiger partial charge is 0.496 e. The molecule has 0 aliphatic heterocycles. The standard InChI is InChI=1S/C17H16IN3O3S/c1-19-15(22)10-3-6-12(7-4-10)20-17(25)21-16(23)11-5-8-14(24-2)13(18)9-11/h3-9H,1-2H3,(H,19,22)(H2,20,21,23,25). The van der Waals surface area contributed by atoms with Crippen molar-refractivity contribution < 1.29 is 14.3 Å². The van der Waals surface area contributed by atoms with E-state index in [1.807, 2.05) is 0 Å². The van der Waals surface area contributed by atoms with Crippen LogP contribution in [0.5, 0.6) is 5.75 Å². The summed E-state index contributed by atoms with van der Waals surface area (Å²) < 4.78 is 6.00. The molecule has 0 fully saturated rings. The van der Waals surface area contributed by atoms with Crippen molar-refractivity contribution in [2.45, 2.75) is 0 Å². The fourth-order valence-corrected chi connectivity index (χ4v) is 2.94. The third-order valence-corrected chi connectivity index (χ3v) is 4.32. The number of halogens is 1. The van der Waals surface area contributed by atoms with Crippen molar-refractivity contribution in [2.75, 3.05) is 19.5 Å². The van der Waals surface area contributed by atoms with Crippen LogP contribution >= 0.6 is 34.8 Å². The number of amides is 2. The lowest BCUT2D eigenvalue weighted by Crippen LogP contribution is -2.34. The van der Waals surface area contributed by atoms with Gasteiger partial charge in [0.1, 0.15) is 5.75 Å². The Hall–Kier alpha value is -2.20. The van der Waals surface area contributed by atoms with Gasteiger partial charge in [-0.05, 0) is 77.3 Å². The first-order valence-corrected chi connectivity index (χ1v) is 8.71. The number of carbonyl (C=O) groups is 2. The van der Waals surface area contributed by atoms with Crippen LogP contribution in [-0.4, -0.2) is 31.1 Å². The van der Waals surface area contributed by atoms with Gasteiger partial charge in [-0.25, -0.2) is 0 Å². The number of benzene rings is 2. The third-order valence-electron chi connectivity index (χ3n) is 3.27. The lowest BCUT2D eigenvalue weighted by atomic mass is 10.2. The van der Waals surface area contributed by atoms with Gasteiger partial charge in [-0.1, -0.05) is 0 Å². The number of hydrogen-bond acceptors (Lipinski definition) is 4. The van der Waals surface area contributed by atoms with Gasteiger partial charge < -0.3 is 15.4 Å². The van der Waals surface area contributed by atoms with Crippen LogP contribution in [0.15, 0.2) is 42.5 Å². The van der Waals surface area contributed by atoms with Crippen molar-refractivity contribution in [3.8, 4) is 5.75 Å². The van der Waals surface area contributed by atoms with Crippen molar-refractivity contribution in [3.63, 3.8) is 0 Å². The Morgan fingerprint density at radius 2 is 1.68 bits per heavy atom. The molecule has 0 radical (unpaired) electrons. The minimum atomic E-state index is -0.319. The van der Waals surface area contributed by atoms with Gasteiger partial charge in [0.15, 0.2) is 5.11 Å². The molecule has 0 heterocycles. The highest BCUT2D eigenvalue weighted by Crippen LogP contribution is 2.21. The summed E-state index contributed by atoms with van der Waals surface area (Å²) in [5, 5.41) is 8.24. The van der Waals surface area contributed by atoms with Gasteiger partial charge in [-0.3, -0.25) is 14.9 Å². The maximum atomic E-state index is 12.2. The van der Waals surface area contributed by atoms with Gasteiger partial charge in [0.2, 0.25) is 0 Å². The molecule has 130 valence electrons. The predicted octanol–water partition coefficient (Wildman–Crippen LogP) is 2.79. The Morgan fingerprint density at radius 3 is 2.24 bits per heavy atom. The van der Waals surface area contributed by atoms with Crippen molar-refractivity contribution in [1.82, 2.24) is 10.6 Å². The van der Waals surface area contributed by atoms with Gasteiger partial charge in [-0.2, -0.15) is 0 Å². The Morgan fingerprint density at radius 1 is 1.04 bits per heavy atom. The zero-order chi connectivity index (χ0) is 18.4. The van der Waals surface area contributed by atoms with Crippen molar-refractivity contribution in [2.24, 2.45) is 0 Å². The average Bonchev–Trinajstić information content (AvgIpc) is 2.61. The zero-order valence-corrected chi connectivity index (χ0v) is 16.5. The number of thiocarbonyl (C=S) groups is 1. The second kappa shape index (κ2) is 8.77. The topological polar surface area (TPSA) is 79.5 Å². The van der Waals surface area contributed by atoms with Crippen LogP contribution in [0.4, 0.5) is 5.69 Å². The molecule has 2 rings (SSSR count). The second-order valence-electron chi connectivity index (χ2n) is 4.91. The van der Waals surface area contributed by atoms with E-state index >= 15 is 0 Å². The average molecular weight is 469 g/mol. The Balaban J connectivity index is 1.98. The Bertz CT molecular complexity index is 809. The van der Waals surface area contributed by atoms with Gasteiger partial charge >= 0.3 is 0 Å². The zero-order valence-electron chi connectivity index (χ0n) is 13.6. The highest BCUT2D eigenvalue weighted by Gasteiger charge is 2.11. The number of rotatable bonds is 4. The maximum absolute atomic E-state index is 12.2. The number of hydrogen-bond donors (Lipinski definition) is 3. The van der Waals surface area contributed by atoms with E-state index in [1.54, 1.807) is 56.6 Å². The van der Waals surface area contributed by atoms with Gasteiger partial charge in [0, 0.05) is 23.9 Å². The van der Waals surface area contributed by atoms with Crippen molar-refractivity contribution in [3.05, 3.63) is 57.2 Å². The molecule has 0 spiro atoms. The number of ether oxygens (including phenoxy) is 1. The summed E-state index contributed by atoms with van der Waals surface area (Å²) in [6.45, 7) is 0. The fourth-order valence-electron chi connectivity index (χ4n) is 1.99. The van der Waals surface area contributed by atoms with Crippen LogP contribution in [-0.2, 0) is 0 Å². The smallest absolute Gasteiger partial charge is 0.257 e. The molecule has 0 saturated carbocycles. The molecule has 2 amide bonds. The molecule has 2 aromatic rings. The maximum Gasteiger partial charge on any atom is 0.257 e. The molecule has 0 saturated heterocycles. The summed E-state index contributed by atoms with van der Waals surface area (Å²) in [7, 11) is 3.14. The number of nitrogens with one attached hydrogen (secondary N) is 3. The lowest BCUT2D eigenvalue weighted by molar-refractivity contribution is 0.0959. The molecule has 2 aromatic carbocycles. The third kappa shape index (κ3) is 5.13. The molecule has 25 heavy (non-hydrogen) atoms. The summed E-state index contributed by atoms with van der Waals surface area (Å²) >= 11 is 7.25. The van der Waals surface area contributed by atoms with Crippen molar-refractivity contribution in [1.29, 1.82) is 0 Å². The summed E-state index contributed by atoms with van der Waals surface area (Å²) in [5.74, 6) is 0.214. The van der Waals surface area contributed by atoms with E-state index in [4.69, 9.17) is 17.0 Å². The highest BCUT2D eigenvalue weighted by molar-refractivity contribution is 14.1. The van der Waals surface area contributed by atoms with Gasteiger partial charge in [0.05, 0.1) is 10.7 Å². The van der Waals surface area contributed by atoms with Gasteiger partial charge in [0.25, 0.3) is 11.8 Å². The van der Waals surface area contributed by atoms with Crippen LogP contribution in [0.2, 0.25) is 0 Å². The molecule has 0 aliphatic carbocycles. The van der Waals surface area contributed by atoms with E-state index < -0.39 is 0 Å².